The van der Waals surface area contributed by atoms with Crippen LogP contribution >= 0.6 is 11.6 Å². The van der Waals surface area contributed by atoms with Gasteiger partial charge in [-0.2, -0.15) is 17.9 Å². The molecule has 0 saturated carbocycles. The number of aliphatic hydroxyl groups is 2. The number of nitrogens with zero attached hydrogens (tertiary/aromatic N) is 6. The van der Waals surface area contributed by atoms with Crippen LogP contribution in [0.15, 0.2) is 177 Å². The molecule has 12 aromatic rings. The van der Waals surface area contributed by atoms with E-state index in [0.29, 0.717) is 155 Å². The molecule has 0 spiro atoms. The number of allylic oxidation sites excluding steroid dienone is 1. The van der Waals surface area contributed by atoms with Gasteiger partial charge in [-0.1, -0.05) is 49.0 Å². The number of aliphatic hydroxyl groups excluding tert-OH is 2. The summed E-state index contributed by atoms with van der Waals surface area (Å²) in [5.74, 6) is -0.102. The molecule has 0 aliphatic rings. The second kappa shape index (κ2) is 46.5. The van der Waals surface area contributed by atoms with Crippen molar-refractivity contribution in [3.8, 4) is 34.5 Å². The van der Waals surface area contributed by atoms with Crippen molar-refractivity contribution >= 4 is 119 Å². The fourth-order valence-electron chi connectivity index (χ4n) is 10.3. The van der Waals surface area contributed by atoms with Gasteiger partial charge in [-0.25, -0.2) is 48.7 Å². The maximum Gasteiger partial charge on any atom is 1.00 e. The zero-order valence-electron chi connectivity index (χ0n) is 64.9. The molecule has 0 unspecified atom stereocenters. The molecule has 115 heavy (non-hydrogen) atoms. The smallest absolute Gasteiger partial charge is 0.618 e. The number of benzene rings is 6. The van der Waals surface area contributed by atoms with Crippen molar-refractivity contribution in [1.82, 2.24) is 24.9 Å². The van der Waals surface area contributed by atoms with E-state index in [-0.39, 0.29) is 94.1 Å². The van der Waals surface area contributed by atoms with Gasteiger partial charge in [-0.15, -0.1) is 0 Å². The van der Waals surface area contributed by atoms with E-state index in [2.05, 4.69) is 38.1 Å². The van der Waals surface area contributed by atoms with E-state index in [1.807, 2.05) is 24.3 Å². The van der Waals surface area contributed by atoms with Crippen LogP contribution in [0.5, 0.6) is 34.5 Å². The quantitative estimate of drug-likeness (QED) is 0.0121. The Morgan fingerprint density at radius 1 is 0.443 bits per heavy atom. The Morgan fingerprint density at radius 2 is 0.757 bits per heavy atom. The molecule has 27 nitrogen and oxygen atoms in total. The number of carbonyl (C=O) groups is 6. The Morgan fingerprint density at radius 3 is 1.11 bits per heavy atom. The molecule has 0 amide bonds. The van der Waals surface area contributed by atoms with Gasteiger partial charge in [-0.05, 0) is 150 Å². The van der Waals surface area contributed by atoms with E-state index in [0.717, 1.165) is 32.8 Å². The third kappa shape index (κ3) is 26.4. The number of carboxylic acid groups (broad SMARTS) is 1. The molecular weight excluding hydrogens is 1550 g/mol. The minimum absolute atomic E-state index is 0. The summed E-state index contributed by atoms with van der Waals surface area (Å²) in [6, 6.07) is 40.5. The molecule has 0 radical (unpaired) electrons. The number of rotatable bonds is 20. The van der Waals surface area contributed by atoms with E-state index in [1.165, 1.54) is 52.8 Å². The van der Waals surface area contributed by atoms with Crippen molar-refractivity contribution in [1.29, 1.82) is 0 Å². The van der Waals surface area contributed by atoms with Crippen LogP contribution in [0.25, 0.3) is 71.5 Å². The summed E-state index contributed by atoms with van der Waals surface area (Å²) in [4.78, 5) is 90.8. The molecular formula is C83H82ClF3KN6O21+. The second-order valence-electron chi connectivity index (χ2n) is 22.9. The Labute approximate surface area is 706 Å². The summed E-state index contributed by atoms with van der Waals surface area (Å²) < 4.78 is 88.8. The van der Waals surface area contributed by atoms with Crippen molar-refractivity contribution in [2.45, 2.75) is 54.0 Å². The van der Waals surface area contributed by atoms with Crippen molar-refractivity contribution in [3.63, 3.8) is 0 Å². The Kier molecular flexibility index (Phi) is 38.0. The van der Waals surface area contributed by atoms with Gasteiger partial charge in [0.1, 0.15) is 61.5 Å². The minimum Gasteiger partial charge on any atom is -0.618 e. The first-order valence-corrected chi connectivity index (χ1v) is 34.9. The van der Waals surface area contributed by atoms with Gasteiger partial charge in [0.25, 0.3) is 5.52 Å². The van der Waals surface area contributed by atoms with E-state index < -0.39 is 24.1 Å². The van der Waals surface area contributed by atoms with Crippen LogP contribution in [0.2, 0.25) is 5.15 Å². The van der Waals surface area contributed by atoms with Crippen molar-refractivity contribution < 1.29 is 165 Å². The van der Waals surface area contributed by atoms with Gasteiger partial charge < -0.3 is 72.6 Å². The standard InChI is InChI=1S/C15H15NO3.C14H15NO4.C13H12ClNO3.C13H13NO4.C13H13NO3.C12H11NO4.C3H3F3.K/c1-4-12-7-6-10-8-11(15(17)19-5-2)9-13(18-3)14(10)16-12;1-3-19-14(17)10-6-9-4-5-11(8-16)15-13(9)12(7-10)18-2;1-3-18-13(16)9-6-8-4-5-11(14)15-12(8)10(7-9)17-2;1-3-18-13(15)10-7-9-5-4-6-14(16)12(9)11(8-10)17-2;1-3-17-13(15)10-7-9-5-4-6-14-12(9)11(8-10)16-2;1-17-10-5-8(12(15)16)4-7-2-3-9(6-14)13-11(7)10;1-2-3(4,5)6;/h4,6-9H,1,5H2,2-3H3;4-7,16H,3,8H2,1-2H3;4-7H,3H2,1-2H3;4-8H,3H2,1-2H3;4-8H,3H2,1-2H3;2-5,14H,6H2,1H3,(H,15,16);2H,1H2;/q;;;;;;;+1. The topological polar surface area (TPSA) is 356 Å². The van der Waals surface area contributed by atoms with Crippen LogP contribution in [0.3, 0.4) is 0 Å². The summed E-state index contributed by atoms with van der Waals surface area (Å²) in [7, 11) is 9.04. The largest absolute Gasteiger partial charge is 1.00 e. The SMILES string of the molecule is C=CC(F)(F)F.C=Cc1ccc2cc(C(=O)OCC)cc(OC)c2n1.CCOC(=O)c1cc(OC)c2c(ccc[n+]2[O-])c1.CCOC(=O)c1cc(OC)c2nc(CO)ccc2c1.CCOC(=O)c1cc(OC)c2nc(Cl)ccc2c1.CCOC(=O)c1cc(OC)c2ncccc2c1.COc1cc(C(=O)O)cc2ccc(CO)nc12.[K+]. The normalized spacial score (nSPS) is 10.3. The van der Waals surface area contributed by atoms with Gasteiger partial charge in [0.05, 0.1) is 145 Å². The zero-order chi connectivity index (χ0) is 83.8. The van der Waals surface area contributed by atoms with E-state index in [4.69, 9.17) is 79.0 Å². The molecule has 3 N–H and O–H groups in total. The number of ether oxygens (including phenoxy) is 11. The number of carboxylic acids is 1. The van der Waals surface area contributed by atoms with Gasteiger partial charge in [0.15, 0.2) is 11.9 Å². The molecule has 0 aliphatic carbocycles. The van der Waals surface area contributed by atoms with E-state index >= 15 is 0 Å². The second-order valence-corrected chi connectivity index (χ2v) is 23.2. The van der Waals surface area contributed by atoms with Crippen LogP contribution in [0.4, 0.5) is 13.2 Å². The van der Waals surface area contributed by atoms with E-state index in [1.54, 1.807) is 164 Å². The molecule has 12 rings (SSSR count). The minimum atomic E-state index is -4.19. The predicted molar refractivity (Wildman–Crippen MR) is 421 cm³/mol. The number of aromatic carboxylic acids is 1. The molecule has 0 atom stereocenters. The summed E-state index contributed by atoms with van der Waals surface area (Å²) in [6.45, 7) is 16.3. The Balaban J connectivity index is 0.000000242. The molecule has 6 heterocycles. The first-order chi connectivity index (χ1) is 54.7. The summed E-state index contributed by atoms with van der Waals surface area (Å²) in [6.07, 6.45) is 0.481. The van der Waals surface area contributed by atoms with Crippen LogP contribution in [0.1, 0.15) is 114 Å². The van der Waals surface area contributed by atoms with Crippen LogP contribution < -0.4 is 84.5 Å². The molecule has 32 heteroatoms. The third-order valence-corrected chi connectivity index (χ3v) is 15.7. The number of esters is 5. The molecule has 0 bridgehead atoms. The van der Waals surface area contributed by atoms with Crippen LogP contribution in [0, 0.1) is 5.21 Å². The van der Waals surface area contributed by atoms with Gasteiger partial charge in [0.2, 0.25) is 0 Å². The molecule has 6 aromatic heterocycles. The van der Waals surface area contributed by atoms with Gasteiger partial charge in [-0.3, -0.25) is 4.98 Å². The Bertz CT molecular complexity index is 5430. The zero-order valence-corrected chi connectivity index (χ0v) is 68.8. The fourth-order valence-corrected chi connectivity index (χ4v) is 10.5. The molecule has 598 valence electrons. The van der Waals surface area contributed by atoms with Gasteiger partial charge in [0, 0.05) is 51.3 Å². The molecule has 0 saturated heterocycles. The average molecular weight is 1630 g/mol. The average Bonchev–Trinajstić information content (AvgIpc) is 0.824. The molecule has 6 aromatic carbocycles. The first-order valence-electron chi connectivity index (χ1n) is 34.5. The molecule has 0 aliphatic heterocycles. The maximum atomic E-state index is 11.8. The summed E-state index contributed by atoms with van der Waals surface area (Å²) >= 11 is 5.84. The Hall–Kier alpha value is -11.7. The van der Waals surface area contributed by atoms with Gasteiger partial charge >= 0.3 is 93.4 Å². The predicted octanol–water partition coefficient (Wildman–Crippen LogP) is 12.3. The first kappa shape index (κ1) is 93.9. The van der Waals surface area contributed by atoms with Crippen molar-refractivity contribution in [2.24, 2.45) is 0 Å². The number of methoxy groups -OCH3 is 6. The molecule has 0 fully saturated rings. The van der Waals surface area contributed by atoms with Crippen LogP contribution in [-0.2, 0) is 36.9 Å². The van der Waals surface area contributed by atoms with E-state index in [9.17, 15) is 47.1 Å². The summed E-state index contributed by atoms with van der Waals surface area (Å²) in [5, 5.41) is 43.6. The number of hydrogen-bond donors (Lipinski definition) is 3. The fraction of sp³-hybridized carbons (Fsp3) is 0.229. The van der Waals surface area contributed by atoms with Crippen molar-refractivity contribution in [3.05, 3.63) is 238 Å². The number of carbonyl (C=O) groups excluding carboxylic acids is 5. The number of halogens is 4. The van der Waals surface area contributed by atoms with Crippen LogP contribution in [-0.4, -0.2) is 158 Å². The third-order valence-electron chi connectivity index (χ3n) is 15.5. The number of alkyl halides is 3. The van der Waals surface area contributed by atoms with Crippen molar-refractivity contribution in [2.75, 3.05) is 75.7 Å². The monoisotopic (exact) mass is 1630 g/mol. The number of hydrogen-bond acceptors (Lipinski definition) is 25. The summed E-state index contributed by atoms with van der Waals surface area (Å²) in [5.41, 5.74) is 7.75. The maximum absolute atomic E-state index is 11.8. The number of pyridine rings is 6. The number of aromatic nitrogens is 6. The number of fused-ring (bicyclic) bond motifs is 6.